The summed E-state index contributed by atoms with van der Waals surface area (Å²) in [4.78, 5) is 23.9. The van der Waals surface area contributed by atoms with Gasteiger partial charge in [0.2, 0.25) is 0 Å². The van der Waals surface area contributed by atoms with Gasteiger partial charge < -0.3 is 0 Å². The van der Waals surface area contributed by atoms with Crippen molar-refractivity contribution in [2.24, 2.45) is 0 Å². The lowest BCUT2D eigenvalue weighted by Crippen LogP contribution is -2.40. The Kier molecular flexibility index (Phi) is 6.41. The number of amides is 2. The highest BCUT2D eigenvalue weighted by Crippen LogP contribution is 2.22. The van der Waals surface area contributed by atoms with Gasteiger partial charge in [-0.2, -0.15) is 5.10 Å². The van der Waals surface area contributed by atoms with E-state index in [0.717, 1.165) is 17.7 Å². The van der Waals surface area contributed by atoms with Crippen LogP contribution in [0.1, 0.15) is 27.2 Å². The minimum absolute atomic E-state index is 0.219. The number of nitrogens with zero attached hydrogens (tertiary/aromatic N) is 2. The average molecular weight is 413 g/mol. The molecule has 2 N–H and O–H groups in total. The van der Waals surface area contributed by atoms with Crippen LogP contribution in [-0.2, 0) is 11.3 Å². The molecule has 3 rings (SSSR count). The van der Waals surface area contributed by atoms with Crippen molar-refractivity contribution in [1.29, 1.82) is 0 Å². The molecule has 0 radical (unpaired) electrons. The quantitative estimate of drug-likeness (QED) is 0.497. The van der Waals surface area contributed by atoms with Crippen LogP contribution in [0.25, 0.3) is 6.08 Å². The molecule has 0 aliphatic heterocycles. The van der Waals surface area contributed by atoms with Crippen LogP contribution in [0.15, 0.2) is 60.7 Å². The Hall–Kier alpha value is -3.45. The molecule has 0 saturated heterocycles. The molecule has 2 amide bonds. The van der Waals surface area contributed by atoms with Gasteiger partial charge in [0.15, 0.2) is 0 Å². The van der Waals surface area contributed by atoms with Crippen LogP contribution in [0.3, 0.4) is 0 Å². The Morgan fingerprint density at radius 3 is 2.48 bits per heavy atom. The van der Waals surface area contributed by atoms with E-state index in [4.69, 9.17) is 11.6 Å². The largest absolute Gasteiger partial charge is 0.269 e. The summed E-state index contributed by atoms with van der Waals surface area (Å²) < 4.78 is 14.5. The van der Waals surface area contributed by atoms with Crippen molar-refractivity contribution in [2.45, 2.75) is 13.5 Å². The summed E-state index contributed by atoms with van der Waals surface area (Å²) in [5.74, 6) is -1.56. The van der Waals surface area contributed by atoms with E-state index in [1.807, 2.05) is 30.3 Å². The van der Waals surface area contributed by atoms with Crippen LogP contribution in [0.5, 0.6) is 0 Å². The lowest BCUT2D eigenvalue weighted by molar-refractivity contribution is -0.117. The van der Waals surface area contributed by atoms with Gasteiger partial charge >= 0.3 is 0 Å². The SMILES string of the molecule is Cc1nn(Cc2ccccc2)c(Cl)c1/C=C/C(=O)NNC(=O)c1ccc(F)cc1. The minimum atomic E-state index is -0.559. The van der Waals surface area contributed by atoms with E-state index < -0.39 is 17.6 Å². The third-order valence-electron chi connectivity index (χ3n) is 4.09. The molecular formula is C21H18ClFN4O2. The molecule has 0 aliphatic carbocycles. The van der Waals surface area contributed by atoms with Gasteiger partial charge in [-0.05, 0) is 42.8 Å². The summed E-state index contributed by atoms with van der Waals surface area (Å²) in [5.41, 5.74) is 7.07. The van der Waals surface area contributed by atoms with Gasteiger partial charge in [0.1, 0.15) is 11.0 Å². The van der Waals surface area contributed by atoms with Crippen molar-refractivity contribution in [2.75, 3.05) is 0 Å². The number of hydrogen-bond donors (Lipinski definition) is 2. The van der Waals surface area contributed by atoms with E-state index in [9.17, 15) is 14.0 Å². The number of nitrogens with one attached hydrogen (secondary N) is 2. The molecule has 0 aliphatic rings. The smallest absolute Gasteiger partial charge is 0.268 e. The topological polar surface area (TPSA) is 76.0 Å². The van der Waals surface area contributed by atoms with Crippen molar-refractivity contribution < 1.29 is 14.0 Å². The molecule has 0 spiro atoms. The summed E-state index contributed by atoms with van der Waals surface area (Å²) in [6.45, 7) is 2.30. The Morgan fingerprint density at radius 2 is 1.79 bits per heavy atom. The maximum atomic E-state index is 12.9. The lowest BCUT2D eigenvalue weighted by atomic mass is 10.2. The first-order chi connectivity index (χ1) is 13.9. The zero-order chi connectivity index (χ0) is 20.8. The fourth-order valence-electron chi connectivity index (χ4n) is 2.61. The molecule has 148 valence electrons. The maximum Gasteiger partial charge on any atom is 0.269 e. The van der Waals surface area contributed by atoms with E-state index in [-0.39, 0.29) is 5.56 Å². The molecule has 0 fully saturated rings. The third kappa shape index (κ3) is 5.30. The zero-order valence-corrected chi connectivity index (χ0v) is 16.3. The molecule has 0 bridgehead atoms. The highest BCUT2D eigenvalue weighted by molar-refractivity contribution is 6.31. The fraction of sp³-hybridized carbons (Fsp3) is 0.0952. The summed E-state index contributed by atoms with van der Waals surface area (Å²) in [6.07, 6.45) is 2.78. The molecule has 1 aromatic heterocycles. The predicted octanol–water partition coefficient (Wildman–Crippen LogP) is 3.51. The maximum absolute atomic E-state index is 12.9. The number of carbonyl (C=O) groups is 2. The highest BCUT2D eigenvalue weighted by atomic mass is 35.5. The van der Waals surface area contributed by atoms with Crippen LogP contribution in [0.2, 0.25) is 5.15 Å². The van der Waals surface area contributed by atoms with Crippen molar-refractivity contribution in [3.63, 3.8) is 0 Å². The predicted molar refractivity (Wildman–Crippen MR) is 109 cm³/mol. The molecule has 3 aromatic rings. The molecule has 2 aromatic carbocycles. The van der Waals surface area contributed by atoms with Crippen LogP contribution < -0.4 is 10.9 Å². The Labute approximate surface area is 172 Å². The van der Waals surface area contributed by atoms with E-state index in [1.54, 1.807) is 11.6 Å². The van der Waals surface area contributed by atoms with Crippen LogP contribution in [-0.4, -0.2) is 21.6 Å². The molecule has 0 saturated carbocycles. The number of benzene rings is 2. The number of hydrogen-bond acceptors (Lipinski definition) is 3. The van der Waals surface area contributed by atoms with Gasteiger partial charge in [-0.1, -0.05) is 41.9 Å². The second-order valence-corrected chi connectivity index (χ2v) is 6.57. The standard InChI is InChI=1S/C21H18ClFN4O2/c1-14-18(20(22)27(26-14)13-15-5-3-2-4-6-15)11-12-19(28)24-25-21(29)16-7-9-17(23)10-8-16/h2-12H,13H2,1H3,(H,24,28)(H,25,29)/b12-11+. The van der Waals surface area contributed by atoms with Crippen molar-refractivity contribution >= 4 is 29.5 Å². The summed E-state index contributed by atoms with van der Waals surface area (Å²) in [6, 6.07) is 14.7. The third-order valence-corrected chi connectivity index (χ3v) is 4.49. The molecular weight excluding hydrogens is 395 g/mol. The second-order valence-electron chi connectivity index (χ2n) is 6.22. The van der Waals surface area contributed by atoms with Crippen molar-refractivity contribution in [3.05, 3.63) is 94.0 Å². The zero-order valence-electron chi connectivity index (χ0n) is 15.5. The first kappa shape index (κ1) is 20.3. The number of halogens is 2. The second kappa shape index (κ2) is 9.16. The Balaban J connectivity index is 1.61. The number of rotatable bonds is 5. The average Bonchev–Trinajstić information content (AvgIpc) is 2.98. The molecule has 29 heavy (non-hydrogen) atoms. The first-order valence-corrected chi connectivity index (χ1v) is 9.12. The van der Waals surface area contributed by atoms with Crippen LogP contribution in [0.4, 0.5) is 4.39 Å². The number of carbonyl (C=O) groups excluding carboxylic acids is 2. The molecule has 1 heterocycles. The highest BCUT2D eigenvalue weighted by Gasteiger charge is 2.12. The summed E-state index contributed by atoms with van der Waals surface area (Å²) in [7, 11) is 0. The summed E-state index contributed by atoms with van der Waals surface area (Å²) >= 11 is 6.40. The number of aryl methyl sites for hydroxylation is 1. The normalized spacial score (nSPS) is 10.9. The van der Waals surface area contributed by atoms with E-state index in [0.29, 0.717) is 23.0 Å². The first-order valence-electron chi connectivity index (χ1n) is 8.75. The van der Waals surface area contributed by atoms with Gasteiger partial charge in [0, 0.05) is 17.2 Å². The molecule has 0 atom stereocenters. The number of hydrazine groups is 1. The minimum Gasteiger partial charge on any atom is -0.268 e. The molecule has 0 unspecified atom stereocenters. The lowest BCUT2D eigenvalue weighted by Gasteiger charge is -2.05. The van der Waals surface area contributed by atoms with Gasteiger partial charge in [-0.25, -0.2) is 9.07 Å². The van der Waals surface area contributed by atoms with E-state index in [1.165, 1.54) is 24.3 Å². The molecule has 6 nitrogen and oxygen atoms in total. The van der Waals surface area contributed by atoms with Crippen molar-refractivity contribution in [3.8, 4) is 0 Å². The molecule has 8 heteroatoms. The number of aromatic nitrogens is 2. The van der Waals surface area contributed by atoms with E-state index in [2.05, 4.69) is 16.0 Å². The van der Waals surface area contributed by atoms with Crippen molar-refractivity contribution in [1.82, 2.24) is 20.6 Å². The monoisotopic (exact) mass is 412 g/mol. The van der Waals surface area contributed by atoms with E-state index >= 15 is 0 Å². The van der Waals surface area contributed by atoms with Crippen LogP contribution >= 0.6 is 11.6 Å². The Morgan fingerprint density at radius 1 is 1.10 bits per heavy atom. The van der Waals surface area contributed by atoms with Crippen LogP contribution in [0, 0.1) is 12.7 Å². The fourth-order valence-corrected chi connectivity index (χ4v) is 2.91. The van der Waals surface area contributed by atoms with Gasteiger partial charge in [-0.3, -0.25) is 20.4 Å². The Bertz CT molecular complexity index is 1050. The van der Waals surface area contributed by atoms with Gasteiger partial charge in [-0.15, -0.1) is 0 Å². The van der Waals surface area contributed by atoms with Gasteiger partial charge in [0.05, 0.1) is 12.2 Å². The summed E-state index contributed by atoms with van der Waals surface area (Å²) in [5, 5.41) is 4.81. The van der Waals surface area contributed by atoms with Gasteiger partial charge in [0.25, 0.3) is 11.8 Å².